The second kappa shape index (κ2) is 5.27. The van der Waals surface area contributed by atoms with E-state index in [1.54, 1.807) is 0 Å². The maximum atomic E-state index is 11.9. The molecule has 15 heavy (non-hydrogen) atoms. The molecule has 0 aromatic carbocycles. The molecule has 1 heterocycles. The second-order valence-electron chi connectivity index (χ2n) is 4.38. The summed E-state index contributed by atoms with van der Waals surface area (Å²) in [6.07, 6.45) is 0.500. The molecule has 1 fully saturated rings. The molecular formula is C10H21NO3S. The van der Waals surface area contributed by atoms with Gasteiger partial charge >= 0.3 is 0 Å². The van der Waals surface area contributed by atoms with E-state index < -0.39 is 9.84 Å². The summed E-state index contributed by atoms with van der Waals surface area (Å²) in [6.45, 7) is 6.96. The van der Waals surface area contributed by atoms with Crippen LogP contribution in [0.4, 0.5) is 0 Å². The van der Waals surface area contributed by atoms with Gasteiger partial charge in [0, 0.05) is 19.2 Å². The molecule has 2 atom stereocenters. The number of hydrogen-bond acceptors (Lipinski definition) is 4. The summed E-state index contributed by atoms with van der Waals surface area (Å²) < 4.78 is 29.1. The lowest BCUT2D eigenvalue weighted by Gasteiger charge is -2.15. The van der Waals surface area contributed by atoms with E-state index in [2.05, 4.69) is 5.32 Å². The topological polar surface area (TPSA) is 55.4 Å². The first-order valence-electron chi connectivity index (χ1n) is 5.50. The fourth-order valence-corrected chi connectivity index (χ4v) is 3.65. The zero-order chi connectivity index (χ0) is 11.5. The normalized spacial score (nSPS) is 27.5. The Labute approximate surface area is 92.3 Å². The van der Waals surface area contributed by atoms with Crippen molar-refractivity contribution in [3.05, 3.63) is 0 Å². The molecule has 0 saturated carbocycles. The molecule has 0 aromatic heterocycles. The molecule has 0 aliphatic carbocycles. The highest BCUT2D eigenvalue weighted by molar-refractivity contribution is 7.92. The van der Waals surface area contributed by atoms with E-state index >= 15 is 0 Å². The molecule has 4 nitrogen and oxygen atoms in total. The van der Waals surface area contributed by atoms with E-state index in [1.807, 2.05) is 20.8 Å². The van der Waals surface area contributed by atoms with Crippen LogP contribution in [0.15, 0.2) is 0 Å². The SMILES string of the molecule is CC(C)NCCS(=O)(=O)C1CCOC1C. The van der Waals surface area contributed by atoms with Crippen molar-refractivity contribution in [2.24, 2.45) is 0 Å². The maximum Gasteiger partial charge on any atom is 0.157 e. The Balaban J connectivity index is 2.44. The molecule has 2 unspecified atom stereocenters. The number of rotatable bonds is 5. The molecule has 1 saturated heterocycles. The molecular weight excluding hydrogens is 214 g/mol. The van der Waals surface area contributed by atoms with Gasteiger partial charge in [0.1, 0.15) is 0 Å². The summed E-state index contributed by atoms with van der Waals surface area (Å²) in [6, 6.07) is 0.331. The smallest absolute Gasteiger partial charge is 0.157 e. The van der Waals surface area contributed by atoms with Crippen molar-refractivity contribution in [1.29, 1.82) is 0 Å². The fourth-order valence-electron chi connectivity index (χ4n) is 1.82. The molecule has 0 radical (unpaired) electrons. The van der Waals surface area contributed by atoms with Crippen LogP contribution in [0, 0.1) is 0 Å². The van der Waals surface area contributed by atoms with Crippen LogP contribution in [0.3, 0.4) is 0 Å². The summed E-state index contributed by atoms with van der Waals surface area (Å²) in [5.41, 5.74) is 0. The highest BCUT2D eigenvalue weighted by Gasteiger charge is 2.35. The third-order valence-corrected chi connectivity index (χ3v) is 5.02. The number of sulfone groups is 1. The van der Waals surface area contributed by atoms with Gasteiger partial charge in [-0.2, -0.15) is 0 Å². The summed E-state index contributed by atoms with van der Waals surface area (Å²) in [7, 11) is -2.99. The van der Waals surface area contributed by atoms with Crippen LogP contribution < -0.4 is 5.32 Å². The predicted octanol–water partition coefficient (Wildman–Crippen LogP) is 0.577. The number of ether oxygens (including phenoxy) is 1. The van der Waals surface area contributed by atoms with Gasteiger partial charge in [0.2, 0.25) is 0 Å². The van der Waals surface area contributed by atoms with Gasteiger partial charge in [-0.25, -0.2) is 8.42 Å². The van der Waals surface area contributed by atoms with Crippen molar-refractivity contribution in [3.63, 3.8) is 0 Å². The van der Waals surface area contributed by atoms with Crippen molar-refractivity contribution in [2.75, 3.05) is 18.9 Å². The average Bonchev–Trinajstić information content (AvgIpc) is 2.50. The first-order valence-corrected chi connectivity index (χ1v) is 7.21. The van der Waals surface area contributed by atoms with Crippen molar-refractivity contribution in [3.8, 4) is 0 Å². The quantitative estimate of drug-likeness (QED) is 0.757. The molecule has 0 aromatic rings. The standard InChI is InChI=1S/C10H21NO3S/c1-8(2)11-5-7-15(12,13)10-4-6-14-9(10)3/h8-11H,4-7H2,1-3H3. The van der Waals surface area contributed by atoms with E-state index in [-0.39, 0.29) is 17.1 Å². The molecule has 5 heteroatoms. The minimum atomic E-state index is -2.99. The summed E-state index contributed by atoms with van der Waals surface area (Å²) in [4.78, 5) is 0. The molecule has 1 N–H and O–H groups in total. The maximum absolute atomic E-state index is 11.9. The van der Waals surface area contributed by atoms with Crippen molar-refractivity contribution < 1.29 is 13.2 Å². The summed E-state index contributed by atoms with van der Waals surface area (Å²) >= 11 is 0. The first kappa shape index (κ1) is 12.9. The summed E-state index contributed by atoms with van der Waals surface area (Å²) in [5.74, 6) is 0.212. The van der Waals surface area contributed by atoms with E-state index in [4.69, 9.17) is 4.74 Å². The van der Waals surface area contributed by atoms with Crippen LogP contribution in [0.1, 0.15) is 27.2 Å². The molecule has 90 valence electrons. The Morgan fingerprint density at radius 2 is 2.13 bits per heavy atom. The van der Waals surface area contributed by atoms with Crippen LogP contribution in [-0.2, 0) is 14.6 Å². The lowest BCUT2D eigenvalue weighted by atomic mass is 10.3. The van der Waals surface area contributed by atoms with E-state index in [0.29, 0.717) is 25.6 Å². The van der Waals surface area contributed by atoms with Crippen LogP contribution in [0.2, 0.25) is 0 Å². The minimum Gasteiger partial charge on any atom is -0.377 e. The fraction of sp³-hybridized carbons (Fsp3) is 1.00. The van der Waals surface area contributed by atoms with Gasteiger partial charge in [-0.05, 0) is 13.3 Å². The highest BCUT2D eigenvalue weighted by atomic mass is 32.2. The lowest BCUT2D eigenvalue weighted by molar-refractivity contribution is 0.126. The second-order valence-corrected chi connectivity index (χ2v) is 6.72. The van der Waals surface area contributed by atoms with Crippen molar-refractivity contribution in [2.45, 2.75) is 44.6 Å². The average molecular weight is 235 g/mol. The molecule has 1 aliphatic heterocycles. The Kier molecular flexibility index (Phi) is 4.55. The first-order chi connectivity index (χ1) is 6.93. The minimum absolute atomic E-state index is 0.144. The molecule has 0 amide bonds. The Bertz CT molecular complexity index is 287. The number of hydrogen-bond donors (Lipinski definition) is 1. The van der Waals surface area contributed by atoms with Gasteiger partial charge < -0.3 is 10.1 Å². The van der Waals surface area contributed by atoms with E-state index in [9.17, 15) is 8.42 Å². The van der Waals surface area contributed by atoms with Gasteiger partial charge in [0.25, 0.3) is 0 Å². The molecule has 0 bridgehead atoms. The third-order valence-electron chi connectivity index (χ3n) is 2.71. The monoisotopic (exact) mass is 235 g/mol. The van der Waals surface area contributed by atoms with Gasteiger partial charge in [-0.3, -0.25) is 0 Å². The van der Waals surface area contributed by atoms with Gasteiger partial charge in [0.05, 0.1) is 17.1 Å². The Hall–Kier alpha value is -0.130. The largest absolute Gasteiger partial charge is 0.377 e. The Morgan fingerprint density at radius 1 is 1.47 bits per heavy atom. The van der Waals surface area contributed by atoms with Crippen LogP contribution in [0.25, 0.3) is 0 Å². The van der Waals surface area contributed by atoms with Gasteiger partial charge in [0.15, 0.2) is 9.84 Å². The highest BCUT2D eigenvalue weighted by Crippen LogP contribution is 2.21. The molecule has 1 rings (SSSR count). The molecule has 0 spiro atoms. The third kappa shape index (κ3) is 3.74. The van der Waals surface area contributed by atoms with Gasteiger partial charge in [-0.1, -0.05) is 13.8 Å². The Morgan fingerprint density at radius 3 is 2.60 bits per heavy atom. The molecule has 1 aliphatic rings. The van der Waals surface area contributed by atoms with E-state index in [1.165, 1.54) is 0 Å². The van der Waals surface area contributed by atoms with Crippen LogP contribution >= 0.6 is 0 Å². The lowest BCUT2D eigenvalue weighted by Crippen LogP contribution is -2.35. The van der Waals surface area contributed by atoms with Crippen LogP contribution in [0.5, 0.6) is 0 Å². The van der Waals surface area contributed by atoms with Crippen molar-refractivity contribution in [1.82, 2.24) is 5.32 Å². The van der Waals surface area contributed by atoms with Gasteiger partial charge in [-0.15, -0.1) is 0 Å². The van der Waals surface area contributed by atoms with Crippen LogP contribution in [-0.4, -0.2) is 44.7 Å². The summed E-state index contributed by atoms with van der Waals surface area (Å²) in [5, 5.41) is 2.82. The van der Waals surface area contributed by atoms with E-state index in [0.717, 1.165) is 0 Å². The predicted molar refractivity (Wildman–Crippen MR) is 60.7 cm³/mol. The van der Waals surface area contributed by atoms with Crippen molar-refractivity contribution >= 4 is 9.84 Å². The zero-order valence-corrected chi connectivity index (χ0v) is 10.5. The number of nitrogens with one attached hydrogen (secondary N) is 1. The zero-order valence-electron chi connectivity index (χ0n) is 9.69.